The van der Waals surface area contributed by atoms with Crippen molar-refractivity contribution in [2.75, 3.05) is 0 Å². The Bertz CT molecular complexity index is 1060. The maximum Gasteiger partial charge on any atom is 0.0724 e. The molecule has 128 valence electrons. The van der Waals surface area contributed by atoms with Gasteiger partial charge in [0, 0.05) is 28.4 Å². The highest BCUT2D eigenvalue weighted by Gasteiger charge is 2.12. The molecule has 0 spiro atoms. The number of rotatable bonds is 4. The Balaban J connectivity index is 1.97. The number of aromatic nitrogens is 2. The second kappa shape index (κ2) is 6.89. The molecule has 0 amide bonds. The van der Waals surface area contributed by atoms with Crippen molar-refractivity contribution in [2.24, 2.45) is 5.73 Å². The first-order valence-corrected chi connectivity index (χ1v) is 8.86. The van der Waals surface area contributed by atoms with E-state index in [9.17, 15) is 0 Å². The van der Waals surface area contributed by atoms with Gasteiger partial charge in [-0.1, -0.05) is 61.5 Å². The number of para-hydroxylation sites is 1. The molecule has 0 aliphatic heterocycles. The van der Waals surface area contributed by atoms with E-state index in [-0.39, 0.29) is 0 Å². The largest absolute Gasteiger partial charge is 0.398 e. The van der Waals surface area contributed by atoms with Crippen LogP contribution in [0.1, 0.15) is 18.9 Å². The van der Waals surface area contributed by atoms with Crippen LogP contribution in [0.15, 0.2) is 85.2 Å². The smallest absolute Gasteiger partial charge is 0.0724 e. The van der Waals surface area contributed by atoms with Crippen molar-refractivity contribution < 1.29 is 0 Å². The lowest BCUT2D eigenvalue weighted by atomic mass is 10.1. The van der Waals surface area contributed by atoms with Gasteiger partial charge in [-0.15, -0.1) is 0 Å². The van der Waals surface area contributed by atoms with Gasteiger partial charge < -0.3 is 10.3 Å². The number of nitrogens with zero attached hydrogens (tertiary/aromatic N) is 2. The predicted molar refractivity (Wildman–Crippen MR) is 110 cm³/mol. The molecule has 0 bridgehead atoms. The highest BCUT2D eigenvalue weighted by atomic mass is 15.0. The van der Waals surface area contributed by atoms with Gasteiger partial charge in [-0.25, -0.2) is 0 Å². The van der Waals surface area contributed by atoms with E-state index in [1.54, 1.807) is 0 Å². The number of pyridine rings is 1. The molecule has 4 rings (SSSR count). The molecule has 26 heavy (non-hydrogen) atoms. The van der Waals surface area contributed by atoms with Gasteiger partial charge in [-0.05, 0) is 30.2 Å². The molecule has 0 radical (unpaired) electrons. The van der Waals surface area contributed by atoms with E-state index in [1.165, 1.54) is 10.8 Å². The Labute approximate surface area is 153 Å². The minimum absolute atomic E-state index is 0.750. The average Bonchev–Trinajstić information content (AvgIpc) is 3.03. The topological polar surface area (TPSA) is 43.8 Å². The molecular formula is C23H21N3. The van der Waals surface area contributed by atoms with Crippen molar-refractivity contribution in [3.05, 3.63) is 90.8 Å². The second-order valence-corrected chi connectivity index (χ2v) is 6.25. The molecule has 0 saturated carbocycles. The SMILES string of the molecule is CC/C=C(\C=C(/N)c1ccccc1)n1c2ccccc2c2ccncc21. The quantitative estimate of drug-likeness (QED) is 0.503. The first kappa shape index (κ1) is 16.2. The van der Waals surface area contributed by atoms with Gasteiger partial charge in [0.15, 0.2) is 0 Å². The van der Waals surface area contributed by atoms with Crippen LogP contribution in [0.3, 0.4) is 0 Å². The molecule has 0 saturated heterocycles. The van der Waals surface area contributed by atoms with Gasteiger partial charge >= 0.3 is 0 Å². The van der Waals surface area contributed by atoms with Crippen LogP contribution in [0, 0.1) is 0 Å². The van der Waals surface area contributed by atoms with E-state index < -0.39 is 0 Å². The third-order valence-electron chi connectivity index (χ3n) is 4.56. The van der Waals surface area contributed by atoms with E-state index in [2.05, 4.69) is 59.0 Å². The van der Waals surface area contributed by atoms with E-state index >= 15 is 0 Å². The van der Waals surface area contributed by atoms with E-state index in [1.807, 2.05) is 42.7 Å². The van der Waals surface area contributed by atoms with Gasteiger partial charge in [0.05, 0.1) is 17.2 Å². The van der Waals surface area contributed by atoms with Crippen molar-refractivity contribution in [1.82, 2.24) is 9.55 Å². The van der Waals surface area contributed by atoms with Crippen molar-refractivity contribution in [3.8, 4) is 0 Å². The molecule has 2 aromatic heterocycles. The summed E-state index contributed by atoms with van der Waals surface area (Å²) in [5.41, 5.74) is 11.5. The second-order valence-electron chi connectivity index (χ2n) is 6.25. The summed E-state index contributed by atoms with van der Waals surface area (Å²) in [6.07, 6.45) is 8.94. The first-order valence-electron chi connectivity index (χ1n) is 8.86. The highest BCUT2D eigenvalue weighted by Crippen LogP contribution is 2.32. The maximum atomic E-state index is 6.41. The molecule has 0 fully saturated rings. The van der Waals surface area contributed by atoms with Crippen molar-refractivity contribution >= 4 is 33.2 Å². The Morgan fingerprint density at radius 1 is 0.962 bits per heavy atom. The number of benzene rings is 2. The molecule has 2 N–H and O–H groups in total. The third-order valence-corrected chi connectivity index (χ3v) is 4.56. The summed E-state index contributed by atoms with van der Waals surface area (Å²) >= 11 is 0. The normalized spacial score (nSPS) is 12.8. The number of allylic oxidation sites excluding steroid dienone is 3. The van der Waals surface area contributed by atoms with Crippen LogP contribution >= 0.6 is 0 Å². The summed E-state index contributed by atoms with van der Waals surface area (Å²) < 4.78 is 2.25. The molecule has 0 unspecified atom stereocenters. The van der Waals surface area contributed by atoms with Crippen LogP contribution in [-0.4, -0.2) is 9.55 Å². The predicted octanol–water partition coefficient (Wildman–Crippen LogP) is 5.44. The summed E-state index contributed by atoms with van der Waals surface area (Å²) in [5.74, 6) is 0. The molecule has 2 heterocycles. The molecule has 4 aromatic rings. The van der Waals surface area contributed by atoms with Crippen LogP contribution in [0.25, 0.3) is 33.2 Å². The summed E-state index contributed by atoms with van der Waals surface area (Å²) in [4.78, 5) is 4.35. The summed E-state index contributed by atoms with van der Waals surface area (Å²) in [6.45, 7) is 2.14. The third kappa shape index (κ3) is 2.78. The van der Waals surface area contributed by atoms with Crippen LogP contribution in [-0.2, 0) is 0 Å². The molecule has 2 aromatic carbocycles. The molecule has 0 atom stereocenters. The maximum absolute atomic E-state index is 6.41. The Kier molecular flexibility index (Phi) is 4.28. The lowest BCUT2D eigenvalue weighted by Gasteiger charge is -2.11. The van der Waals surface area contributed by atoms with Gasteiger partial charge in [-0.2, -0.15) is 0 Å². The lowest BCUT2D eigenvalue weighted by molar-refractivity contribution is 1.16. The van der Waals surface area contributed by atoms with E-state index in [0.717, 1.165) is 34.4 Å². The zero-order valence-electron chi connectivity index (χ0n) is 14.8. The van der Waals surface area contributed by atoms with Crippen LogP contribution < -0.4 is 5.73 Å². The minimum Gasteiger partial charge on any atom is -0.398 e. The van der Waals surface area contributed by atoms with Gasteiger partial charge in [0.2, 0.25) is 0 Å². The van der Waals surface area contributed by atoms with Crippen LogP contribution in [0.4, 0.5) is 0 Å². The van der Waals surface area contributed by atoms with E-state index in [4.69, 9.17) is 5.73 Å². The van der Waals surface area contributed by atoms with Gasteiger partial charge in [0.25, 0.3) is 0 Å². The number of nitrogens with two attached hydrogens (primary N) is 1. The highest BCUT2D eigenvalue weighted by molar-refractivity contribution is 6.10. The number of hydrogen-bond acceptors (Lipinski definition) is 2. The fourth-order valence-corrected chi connectivity index (χ4v) is 3.39. The van der Waals surface area contributed by atoms with Crippen LogP contribution in [0.2, 0.25) is 0 Å². The Hall–Kier alpha value is -3.33. The number of fused-ring (bicyclic) bond motifs is 3. The molecule has 0 aliphatic carbocycles. The summed E-state index contributed by atoms with van der Waals surface area (Å²) in [6, 6.07) is 20.6. The number of hydrogen-bond donors (Lipinski definition) is 1. The molecule has 0 aliphatic rings. The van der Waals surface area contributed by atoms with Crippen LogP contribution in [0.5, 0.6) is 0 Å². The fourth-order valence-electron chi connectivity index (χ4n) is 3.39. The minimum atomic E-state index is 0.750. The monoisotopic (exact) mass is 339 g/mol. The average molecular weight is 339 g/mol. The standard InChI is InChI=1S/C23H21N3/c1-2-8-18(15-21(24)17-9-4-3-5-10-17)26-22-12-7-6-11-19(22)20-13-14-25-16-23(20)26/h3-16H,2,24H2,1H3/b18-8+,21-15-. The van der Waals surface area contributed by atoms with Crippen molar-refractivity contribution in [1.29, 1.82) is 0 Å². The summed E-state index contributed by atoms with van der Waals surface area (Å²) in [5, 5.41) is 2.42. The Morgan fingerprint density at radius 3 is 2.50 bits per heavy atom. The van der Waals surface area contributed by atoms with Crippen molar-refractivity contribution in [3.63, 3.8) is 0 Å². The Morgan fingerprint density at radius 2 is 1.69 bits per heavy atom. The first-order chi connectivity index (χ1) is 12.8. The molecular weight excluding hydrogens is 318 g/mol. The van der Waals surface area contributed by atoms with Gasteiger partial charge in [0.1, 0.15) is 0 Å². The van der Waals surface area contributed by atoms with Crippen molar-refractivity contribution in [2.45, 2.75) is 13.3 Å². The fraction of sp³-hybridized carbons (Fsp3) is 0.0870. The zero-order chi connectivity index (χ0) is 17.9. The lowest BCUT2D eigenvalue weighted by Crippen LogP contribution is -2.01. The summed E-state index contributed by atoms with van der Waals surface area (Å²) in [7, 11) is 0. The molecule has 3 heteroatoms. The zero-order valence-corrected chi connectivity index (χ0v) is 14.8. The molecule has 3 nitrogen and oxygen atoms in total. The van der Waals surface area contributed by atoms with Gasteiger partial charge in [-0.3, -0.25) is 4.98 Å². The van der Waals surface area contributed by atoms with E-state index in [0.29, 0.717) is 0 Å².